The van der Waals surface area contributed by atoms with Crippen LogP contribution in [0.4, 0.5) is 5.69 Å². The lowest BCUT2D eigenvalue weighted by molar-refractivity contribution is 0.0559. The summed E-state index contributed by atoms with van der Waals surface area (Å²) in [7, 11) is 0. The van der Waals surface area contributed by atoms with E-state index in [0.29, 0.717) is 18.0 Å². The fourth-order valence-corrected chi connectivity index (χ4v) is 4.37. The number of benzene rings is 1. The van der Waals surface area contributed by atoms with Crippen LogP contribution in [0.1, 0.15) is 36.5 Å². The van der Waals surface area contributed by atoms with Gasteiger partial charge in [-0.3, -0.25) is 0 Å². The molecule has 6 nitrogen and oxygen atoms in total. The van der Waals surface area contributed by atoms with Gasteiger partial charge < -0.3 is 15.4 Å². The number of nitrogens with zero attached hydrogens (tertiary/aromatic N) is 3. The van der Waals surface area contributed by atoms with Crippen LogP contribution in [0.25, 0.3) is 0 Å². The minimum absolute atomic E-state index is 0.479. The third kappa shape index (κ3) is 3.91. The second-order valence-electron chi connectivity index (χ2n) is 7.55. The molecule has 1 saturated carbocycles. The molecule has 1 aliphatic carbocycles. The molecule has 2 N–H and O–H groups in total. The Morgan fingerprint density at radius 1 is 1.31 bits per heavy atom. The van der Waals surface area contributed by atoms with E-state index in [9.17, 15) is 0 Å². The number of hydrogen-bond donors (Lipinski definition) is 2. The second-order valence-corrected chi connectivity index (χ2v) is 7.55. The van der Waals surface area contributed by atoms with Gasteiger partial charge in [-0.15, -0.1) is 0 Å². The number of aromatic nitrogens is 3. The van der Waals surface area contributed by atoms with Gasteiger partial charge in [0.15, 0.2) is 0 Å². The molecule has 3 unspecified atom stereocenters. The summed E-state index contributed by atoms with van der Waals surface area (Å²) >= 11 is 0. The monoisotopic (exact) mass is 355 g/mol. The quantitative estimate of drug-likeness (QED) is 0.863. The van der Waals surface area contributed by atoms with Crippen molar-refractivity contribution in [3.63, 3.8) is 0 Å². The average molecular weight is 355 g/mol. The van der Waals surface area contributed by atoms with Crippen molar-refractivity contribution in [1.82, 2.24) is 20.1 Å². The maximum atomic E-state index is 5.69. The Morgan fingerprint density at radius 3 is 3.00 bits per heavy atom. The Morgan fingerprint density at radius 2 is 2.23 bits per heavy atom. The van der Waals surface area contributed by atoms with Crippen molar-refractivity contribution >= 4 is 5.69 Å². The predicted octanol–water partition coefficient (Wildman–Crippen LogP) is 2.51. The highest BCUT2D eigenvalue weighted by Gasteiger charge is 2.34. The fraction of sp³-hybridized carbons (Fsp3) is 0.600. The summed E-state index contributed by atoms with van der Waals surface area (Å²) in [6, 6.07) is 9.69. The van der Waals surface area contributed by atoms with E-state index in [1.54, 1.807) is 0 Å². The first kappa shape index (κ1) is 17.5. The maximum Gasteiger partial charge on any atom is 0.147 e. The molecule has 2 heterocycles. The largest absolute Gasteiger partial charge is 0.382 e. The van der Waals surface area contributed by atoms with E-state index in [-0.39, 0.29) is 0 Å². The summed E-state index contributed by atoms with van der Waals surface area (Å²) in [4.78, 5) is 4.39. The number of nitrogens with one attached hydrogen (secondary N) is 2. The lowest BCUT2D eigenvalue weighted by Crippen LogP contribution is -2.49. The van der Waals surface area contributed by atoms with E-state index in [0.717, 1.165) is 38.0 Å². The van der Waals surface area contributed by atoms with E-state index in [1.165, 1.54) is 30.5 Å². The van der Waals surface area contributed by atoms with Gasteiger partial charge in [-0.05, 0) is 50.3 Å². The first-order valence-corrected chi connectivity index (χ1v) is 9.74. The van der Waals surface area contributed by atoms with Crippen molar-refractivity contribution in [2.75, 3.05) is 25.1 Å². The summed E-state index contributed by atoms with van der Waals surface area (Å²) in [5, 5.41) is 11.9. The van der Waals surface area contributed by atoms with Crippen molar-refractivity contribution in [2.45, 2.75) is 51.7 Å². The minimum Gasteiger partial charge on any atom is -0.382 e. The first-order chi connectivity index (χ1) is 12.7. The van der Waals surface area contributed by atoms with Crippen LogP contribution in [0.2, 0.25) is 0 Å². The molecule has 0 bridgehead atoms. The number of morpholine rings is 1. The molecule has 0 radical (unpaired) electrons. The summed E-state index contributed by atoms with van der Waals surface area (Å²) in [5.41, 5.74) is 2.45. The topological polar surface area (TPSA) is 64.0 Å². The van der Waals surface area contributed by atoms with Gasteiger partial charge in [0.1, 0.15) is 11.6 Å². The molecule has 2 aliphatic rings. The van der Waals surface area contributed by atoms with E-state index in [2.05, 4.69) is 45.0 Å². The van der Waals surface area contributed by atoms with E-state index in [4.69, 9.17) is 4.74 Å². The molecule has 2 aromatic rings. The summed E-state index contributed by atoms with van der Waals surface area (Å²) in [6.45, 7) is 7.35. The van der Waals surface area contributed by atoms with Crippen molar-refractivity contribution in [2.24, 2.45) is 5.92 Å². The highest BCUT2D eigenvalue weighted by Crippen LogP contribution is 2.32. The number of anilines is 1. The molecular weight excluding hydrogens is 326 g/mol. The fourth-order valence-electron chi connectivity index (χ4n) is 4.37. The van der Waals surface area contributed by atoms with Gasteiger partial charge in [-0.2, -0.15) is 5.10 Å². The number of rotatable bonds is 5. The van der Waals surface area contributed by atoms with Crippen LogP contribution in [0.5, 0.6) is 0 Å². The average Bonchev–Trinajstić information content (AvgIpc) is 3.22. The van der Waals surface area contributed by atoms with Crippen molar-refractivity contribution in [3.05, 3.63) is 41.5 Å². The van der Waals surface area contributed by atoms with Crippen molar-refractivity contribution < 1.29 is 4.74 Å². The van der Waals surface area contributed by atoms with Gasteiger partial charge in [-0.1, -0.05) is 18.6 Å². The predicted molar refractivity (Wildman–Crippen MR) is 102 cm³/mol. The van der Waals surface area contributed by atoms with E-state index < -0.39 is 0 Å². The summed E-state index contributed by atoms with van der Waals surface area (Å²) < 4.78 is 7.65. The van der Waals surface area contributed by atoms with Gasteiger partial charge >= 0.3 is 0 Å². The lowest BCUT2D eigenvalue weighted by atomic mass is 9.93. The lowest BCUT2D eigenvalue weighted by Gasteiger charge is -2.33. The summed E-state index contributed by atoms with van der Waals surface area (Å²) in [5.74, 6) is 2.42. The van der Waals surface area contributed by atoms with Crippen LogP contribution in [0, 0.1) is 19.8 Å². The number of hydrogen-bond acceptors (Lipinski definition) is 5. The Kier molecular flexibility index (Phi) is 5.22. The SMILES string of the molecule is Cc1nc(C)n(Cc2cccc(NC3CCCC3C3COCCN3)c2)n1. The van der Waals surface area contributed by atoms with Crippen LogP contribution in [0.15, 0.2) is 24.3 Å². The number of ether oxygens (including phenoxy) is 1. The van der Waals surface area contributed by atoms with Gasteiger partial charge in [0.2, 0.25) is 0 Å². The van der Waals surface area contributed by atoms with Gasteiger partial charge in [0.05, 0.1) is 19.8 Å². The maximum absolute atomic E-state index is 5.69. The molecule has 0 spiro atoms. The number of aryl methyl sites for hydroxylation is 2. The molecule has 1 aromatic carbocycles. The van der Waals surface area contributed by atoms with Crippen LogP contribution >= 0.6 is 0 Å². The molecule has 1 aliphatic heterocycles. The molecule has 6 heteroatoms. The summed E-state index contributed by atoms with van der Waals surface area (Å²) in [6.07, 6.45) is 3.79. The standard InChI is InChI=1S/C20H29N5O/c1-14-22-15(2)25(24-14)12-16-5-3-6-17(11-16)23-19-8-4-7-18(19)20-13-26-10-9-21-20/h3,5-6,11,18-21,23H,4,7-10,12-13H2,1-2H3. The van der Waals surface area contributed by atoms with Crippen LogP contribution in [0.3, 0.4) is 0 Å². The van der Waals surface area contributed by atoms with Crippen molar-refractivity contribution in [3.8, 4) is 0 Å². The Bertz CT molecular complexity index is 738. The van der Waals surface area contributed by atoms with Crippen molar-refractivity contribution in [1.29, 1.82) is 0 Å². The molecule has 2 fully saturated rings. The normalized spacial score (nSPS) is 26.2. The van der Waals surface area contributed by atoms with Crippen LogP contribution < -0.4 is 10.6 Å². The second kappa shape index (κ2) is 7.76. The third-order valence-electron chi connectivity index (χ3n) is 5.61. The zero-order valence-electron chi connectivity index (χ0n) is 15.7. The first-order valence-electron chi connectivity index (χ1n) is 9.74. The minimum atomic E-state index is 0.479. The molecule has 0 amide bonds. The highest BCUT2D eigenvalue weighted by atomic mass is 16.5. The molecular formula is C20H29N5O. The molecule has 3 atom stereocenters. The molecule has 26 heavy (non-hydrogen) atoms. The Labute approximate surface area is 155 Å². The van der Waals surface area contributed by atoms with Gasteiger partial charge in [-0.25, -0.2) is 9.67 Å². The van der Waals surface area contributed by atoms with Crippen LogP contribution in [-0.4, -0.2) is 46.6 Å². The van der Waals surface area contributed by atoms with Gasteiger partial charge in [0, 0.05) is 24.3 Å². The zero-order chi connectivity index (χ0) is 17.9. The molecule has 4 rings (SSSR count). The van der Waals surface area contributed by atoms with Gasteiger partial charge in [0.25, 0.3) is 0 Å². The van der Waals surface area contributed by atoms with E-state index >= 15 is 0 Å². The van der Waals surface area contributed by atoms with Crippen LogP contribution in [-0.2, 0) is 11.3 Å². The highest BCUT2D eigenvalue weighted by molar-refractivity contribution is 5.47. The molecule has 140 valence electrons. The third-order valence-corrected chi connectivity index (χ3v) is 5.61. The Hall–Kier alpha value is -1.92. The molecule has 1 saturated heterocycles. The smallest absolute Gasteiger partial charge is 0.147 e. The zero-order valence-corrected chi connectivity index (χ0v) is 15.7. The van der Waals surface area contributed by atoms with E-state index in [1.807, 2.05) is 18.5 Å². The molecule has 1 aromatic heterocycles. The Balaban J connectivity index is 1.43.